The number of carbonyl (C=O) groups is 1. The predicted octanol–water partition coefficient (Wildman–Crippen LogP) is 4.50. The van der Waals surface area contributed by atoms with Crippen LogP contribution in [0.5, 0.6) is 0 Å². The number of hydrogen-bond donors (Lipinski definition) is 1. The lowest BCUT2D eigenvalue weighted by molar-refractivity contribution is 0.0902. The first-order valence-corrected chi connectivity index (χ1v) is 12.4. The molecule has 3 atom stereocenters. The van der Waals surface area contributed by atoms with E-state index in [9.17, 15) is 17.6 Å². The summed E-state index contributed by atoms with van der Waals surface area (Å²) in [7, 11) is -3.79. The Morgan fingerprint density at radius 3 is 2.59 bits per heavy atom. The molecule has 34 heavy (non-hydrogen) atoms. The number of sulfonamides is 1. The zero-order valence-electron chi connectivity index (χ0n) is 18.7. The van der Waals surface area contributed by atoms with Crippen molar-refractivity contribution in [2.24, 2.45) is 0 Å². The van der Waals surface area contributed by atoms with Gasteiger partial charge in [-0.25, -0.2) is 17.2 Å². The SMILES string of the molecule is CC(NC(=O)c1ccno1)c1cc(F)c(CN2[C@@H](C)CC[C@H](c3ccccc3)S2(=O)=O)cc1F. The minimum atomic E-state index is -3.79. The highest BCUT2D eigenvalue weighted by Gasteiger charge is 2.40. The molecule has 1 N–H and O–H groups in total. The summed E-state index contributed by atoms with van der Waals surface area (Å²) in [5.41, 5.74) is 0.544. The highest BCUT2D eigenvalue weighted by Crippen LogP contribution is 2.38. The molecule has 2 aromatic carbocycles. The predicted molar refractivity (Wildman–Crippen MR) is 121 cm³/mol. The Morgan fingerprint density at radius 2 is 1.91 bits per heavy atom. The van der Waals surface area contributed by atoms with Crippen LogP contribution in [0.25, 0.3) is 0 Å². The van der Waals surface area contributed by atoms with Crippen LogP contribution in [0.2, 0.25) is 0 Å². The maximum absolute atomic E-state index is 15.0. The topological polar surface area (TPSA) is 92.5 Å². The molecule has 1 unspecified atom stereocenters. The second kappa shape index (κ2) is 9.63. The van der Waals surface area contributed by atoms with E-state index in [1.807, 2.05) is 6.07 Å². The van der Waals surface area contributed by atoms with Crippen LogP contribution >= 0.6 is 0 Å². The fraction of sp³-hybridized carbons (Fsp3) is 0.333. The molecule has 0 aliphatic carbocycles. The Balaban J connectivity index is 1.56. The molecular weight excluding hydrogens is 464 g/mol. The van der Waals surface area contributed by atoms with Crippen LogP contribution in [-0.2, 0) is 16.6 Å². The molecule has 0 bridgehead atoms. The Morgan fingerprint density at radius 1 is 1.18 bits per heavy atom. The van der Waals surface area contributed by atoms with Crippen LogP contribution in [0, 0.1) is 11.6 Å². The molecule has 7 nitrogen and oxygen atoms in total. The second-order valence-corrected chi connectivity index (χ2v) is 10.5. The van der Waals surface area contributed by atoms with E-state index in [0.717, 1.165) is 12.1 Å². The minimum absolute atomic E-state index is 0.0541. The molecule has 1 aromatic heterocycles. The third-order valence-corrected chi connectivity index (χ3v) is 8.53. The van der Waals surface area contributed by atoms with Crippen LogP contribution < -0.4 is 5.32 Å². The molecule has 1 fully saturated rings. The summed E-state index contributed by atoms with van der Waals surface area (Å²) in [6.07, 6.45) is 2.36. The summed E-state index contributed by atoms with van der Waals surface area (Å²) in [4.78, 5) is 12.1. The summed E-state index contributed by atoms with van der Waals surface area (Å²) in [6.45, 7) is 2.99. The van der Waals surface area contributed by atoms with Gasteiger partial charge in [0.1, 0.15) is 16.9 Å². The maximum Gasteiger partial charge on any atom is 0.290 e. The number of benzene rings is 2. The van der Waals surface area contributed by atoms with Gasteiger partial charge < -0.3 is 9.84 Å². The van der Waals surface area contributed by atoms with E-state index in [2.05, 4.69) is 10.5 Å². The van der Waals surface area contributed by atoms with Crippen LogP contribution in [0.4, 0.5) is 8.78 Å². The number of rotatable bonds is 6. The molecule has 180 valence electrons. The van der Waals surface area contributed by atoms with Crippen molar-refractivity contribution >= 4 is 15.9 Å². The molecule has 0 radical (unpaired) electrons. The summed E-state index contributed by atoms with van der Waals surface area (Å²) in [6, 6.07) is 11.0. The second-order valence-electron chi connectivity index (χ2n) is 8.45. The monoisotopic (exact) mass is 489 g/mol. The zero-order valence-corrected chi connectivity index (χ0v) is 19.6. The fourth-order valence-electron chi connectivity index (χ4n) is 4.25. The van der Waals surface area contributed by atoms with Crippen molar-refractivity contribution in [2.75, 3.05) is 0 Å². The molecule has 1 amide bonds. The van der Waals surface area contributed by atoms with Crippen molar-refractivity contribution in [3.05, 3.63) is 88.8 Å². The van der Waals surface area contributed by atoms with Gasteiger partial charge in [0.15, 0.2) is 0 Å². The van der Waals surface area contributed by atoms with Crippen molar-refractivity contribution < 1.29 is 26.5 Å². The van der Waals surface area contributed by atoms with E-state index in [0.29, 0.717) is 18.4 Å². The lowest BCUT2D eigenvalue weighted by atomic mass is 10.0. The van der Waals surface area contributed by atoms with Crippen molar-refractivity contribution in [3.63, 3.8) is 0 Å². The van der Waals surface area contributed by atoms with Gasteiger partial charge in [-0.05, 0) is 44.4 Å². The number of nitrogens with one attached hydrogen (secondary N) is 1. The molecule has 10 heteroatoms. The Hall–Kier alpha value is -3.11. The van der Waals surface area contributed by atoms with Gasteiger partial charge in [0.25, 0.3) is 5.91 Å². The third kappa shape index (κ3) is 4.74. The minimum Gasteiger partial charge on any atom is -0.351 e. The van der Waals surface area contributed by atoms with Crippen molar-refractivity contribution in [2.45, 2.75) is 50.6 Å². The number of nitrogens with zero attached hydrogens (tertiary/aromatic N) is 2. The third-order valence-electron chi connectivity index (χ3n) is 6.16. The number of carbonyl (C=O) groups excluding carboxylic acids is 1. The molecule has 3 aromatic rings. The summed E-state index contributed by atoms with van der Waals surface area (Å²) < 4.78 is 62.7. The Bertz CT molecular complexity index is 1270. The number of hydrogen-bond acceptors (Lipinski definition) is 5. The van der Waals surface area contributed by atoms with Crippen molar-refractivity contribution in [3.8, 4) is 0 Å². The zero-order chi connectivity index (χ0) is 24.5. The standard InChI is InChI=1S/C24H25F2N3O4S/c1-15-8-9-23(17-6-4-3-5-7-17)34(31,32)29(15)14-18-12-21(26)19(13-20(18)25)16(2)28-24(30)22-10-11-27-33-22/h3-7,10-13,15-16,23H,8-9,14H2,1-2H3,(H,28,30)/t15-,16?,23+/m0/s1. The van der Waals surface area contributed by atoms with Gasteiger partial charge in [-0.15, -0.1) is 0 Å². The van der Waals surface area contributed by atoms with Crippen LogP contribution in [0.15, 0.2) is 59.3 Å². The largest absolute Gasteiger partial charge is 0.351 e. The molecule has 0 spiro atoms. The van der Waals surface area contributed by atoms with E-state index in [1.165, 1.54) is 23.5 Å². The highest BCUT2D eigenvalue weighted by molar-refractivity contribution is 7.89. The smallest absolute Gasteiger partial charge is 0.290 e. The molecule has 1 aliphatic rings. The first-order chi connectivity index (χ1) is 16.2. The van der Waals surface area contributed by atoms with E-state index in [-0.39, 0.29) is 29.5 Å². The fourth-order valence-corrected chi connectivity index (χ4v) is 6.44. The number of halogens is 2. The van der Waals surface area contributed by atoms with Crippen molar-refractivity contribution in [1.29, 1.82) is 0 Å². The molecule has 0 saturated carbocycles. The number of amides is 1. The van der Waals surface area contributed by atoms with Gasteiger partial charge in [-0.3, -0.25) is 4.79 Å². The molecule has 4 rings (SSSR count). The van der Waals surface area contributed by atoms with Crippen molar-refractivity contribution in [1.82, 2.24) is 14.8 Å². The molecule has 1 aliphatic heterocycles. The van der Waals surface area contributed by atoms with Crippen LogP contribution in [0.3, 0.4) is 0 Å². The summed E-state index contributed by atoms with van der Waals surface area (Å²) in [5, 5.41) is 5.23. The summed E-state index contributed by atoms with van der Waals surface area (Å²) >= 11 is 0. The Labute approximate surface area is 196 Å². The van der Waals surface area contributed by atoms with E-state index in [4.69, 9.17) is 4.52 Å². The molecular formula is C24H25F2N3O4S. The van der Waals surface area contributed by atoms with Gasteiger partial charge in [0.2, 0.25) is 15.8 Å². The first-order valence-electron chi connectivity index (χ1n) is 10.9. The van der Waals surface area contributed by atoms with Gasteiger partial charge in [0, 0.05) is 29.8 Å². The number of aromatic nitrogens is 1. The quantitative estimate of drug-likeness (QED) is 0.551. The average molecular weight is 490 g/mol. The normalized spacial score (nSPS) is 21.2. The Kier molecular flexibility index (Phi) is 6.81. The lowest BCUT2D eigenvalue weighted by Gasteiger charge is -2.37. The van der Waals surface area contributed by atoms with Gasteiger partial charge >= 0.3 is 0 Å². The highest BCUT2D eigenvalue weighted by atomic mass is 32.2. The molecule has 1 saturated heterocycles. The van der Waals surface area contributed by atoms with Gasteiger partial charge in [0.05, 0.1) is 12.2 Å². The molecule has 2 heterocycles. The first kappa shape index (κ1) is 24.0. The lowest BCUT2D eigenvalue weighted by Crippen LogP contribution is -2.44. The van der Waals surface area contributed by atoms with Gasteiger partial charge in [-0.1, -0.05) is 35.5 Å². The van der Waals surface area contributed by atoms with E-state index >= 15 is 4.39 Å². The van der Waals surface area contributed by atoms with Gasteiger partial charge in [-0.2, -0.15) is 4.31 Å². The van der Waals surface area contributed by atoms with Crippen LogP contribution in [-0.4, -0.2) is 29.8 Å². The van der Waals surface area contributed by atoms with Crippen LogP contribution in [0.1, 0.15) is 65.2 Å². The average Bonchev–Trinajstić information content (AvgIpc) is 3.34. The van der Waals surface area contributed by atoms with E-state index in [1.54, 1.807) is 31.2 Å². The summed E-state index contributed by atoms with van der Waals surface area (Å²) in [5.74, 6) is -2.17. The van der Waals surface area contributed by atoms with E-state index < -0.39 is 38.9 Å². The maximum atomic E-state index is 15.0.